The Morgan fingerprint density at radius 3 is 2.72 bits per heavy atom. The Kier molecular flexibility index (Phi) is 4.95. The van der Waals surface area contributed by atoms with Crippen molar-refractivity contribution >= 4 is 22.9 Å². The lowest BCUT2D eigenvalue weighted by Gasteiger charge is -2.07. The van der Waals surface area contributed by atoms with Gasteiger partial charge in [0, 0.05) is 5.56 Å². The molecule has 0 aliphatic carbocycles. The van der Waals surface area contributed by atoms with Gasteiger partial charge in [-0.05, 0) is 35.4 Å². The summed E-state index contributed by atoms with van der Waals surface area (Å²) in [6.45, 7) is 1.78. The maximum atomic E-state index is 11.9. The first-order chi connectivity index (χ1) is 12.1. The number of hydrogen-bond acceptors (Lipinski definition) is 4. The number of ether oxygens (including phenoxy) is 1. The number of aryl methyl sites for hydroxylation is 1. The number of carbonyl (C=O) groups is 1. The number of phenols is 1. The summed E-state index contributed by atoms with van der Waals surface area (Å²) in [5, 5.41) is 15.8. The van der Waals surface area contributed by atoms with Gasteiger partial charge in [0.1, 0.15) is 11.5 Å². The Morgan fingerprint density at radius 2 is 1.88 bits per heavy atom. The number of benzene rings is 3. The zero-order valence-electron chi connectivity index (χ0n) is 13.8. The second kappa shape index (κ2) is 7.49. The van der Waals surface area contributed by atoms with Crippen LogP contribution in [-0.2, 0) is 4.79 Å². The molecule has 0 unspecified atom stereocenters. The molecule has 0 atom stereocenters. The van der Waals surface area contributed by atoms with E-state index in [1.807, 2.05) is 55.5 Å². The van der Waals surface area contributed by atoms with Gasteiger partial charge in [0.25, 0.3) is 5.91 Å². The number of phenolic OH excluding ortho intramolecular Hbond substituents is 1. The third-order valence-electron chi connectivity index (χ3n) is 3.78. The highest BCUT2D eigenvalue weighted by atomic mass is 16.5. The van der Waals surface area contributed by atoms with Crippen molar-refractivity contribution in [1.82, 2.24) is 5.43 Å². The smallest absolute Gasteiger partial charge is 0.277 e. The Labute approximate surface area is 145 Å². The molecular weight excluding hydrogens is 316 g/mol. The number of nitrogens with one attached hydrogen (secondary N) is 1. The summed E-state index contributed by atoms with van der Waals surface area (Å²) in [5.74, 6) is 0.389. The standard InChI is InChI=1S/C20H18N2O3/c1-14-6-2-5-9-19(14)25-13-20(24)22-21-12-17-16-8-4-3-7-15(16)10-11-18(17)23/h2-12,23H,13H2,1H3,(H,22,24)/b21-12-. The molecule has 0 saturated heterocycles. The van der Waals surface area contributed by atoms with Crippen molar-refractivity contribution < 1.29 is 14.6 Å². The molecule has 0 saturated carbocycles. The van der Waals surface area contributed by atoms with Gasteiger partial charge in [-0.3, -0.25) is 4.79 Å². The molecule has 0 radical (unpaired) electrons. The van der Waals surface area contributed by atoms with E-state index in [0.29, 0.717) is 11.3 Å². The van der Waals surface area contributed by atoms with Crippen LogP contribution >= 0.6 is 0 Å². The molecule has 25 heavy (non-hydrogen) atoms. The van der Waals surface area contributed by atoms with Crippen molar-refractivity contribution in [3.05, 3.63) is 71.8 Å². The average molecular weight is 334 g/mol. The fourth-order valence-corrected chi connectivity index (χ4v) is 2.48. The van der Waals surface area contributed by atoms with E-state index in [2.05, 4.69) is 10.5 Å². The van der Waals surface area contributed by atoms with E-state index >= 15 is 0 Å². The Hall–Kier alpha value is -3.34. The number of nitrogens with zero attached hydrogens (tertiary/aromatic N) is 1. The molecule has 0 aliphatic heterocycles. The zero-order chi connectivity index (χ0) is 17.6. The third kappa shape index (κ3) is 3.95. The molecule has 3 rings (SSSR count). The van der Waals surface area contributed by atoms with Crippen LogP contribution in [0.3, 0.4) is 0 Å². The van der Waals surface area contributed by atoms with Crippen LogP contribution in [0.5, 0.6) is 11.5 Å². The number of amides is 1. The van der Waals surface area contributed by atoms with Gasteiger partial charge in [-0.1, -0.05) is 48.5 Å². The second-order valence-electron chi connectivity index (χ2n) is 5.57. The molecule has 126 valence electrons. The number of para-hydroxylation sites is 1. The molecule has 3 aromatic carbocycles. The summed E-state index contributed by atoms with van der Waals surface area (Å²) in [5.41, 5.74) is 3.92. The Morgan fingerprint density at radius 1 is 1.12 bits per heavy atom. The van der Waals surface area contributed by atoms with E-state index in [0.717, 1.165) is 16.3 Å². The monoisotopic (exact) mass is 334 g/mol. The molecule has 5 nitrogen and oxygen atoms in total. The van der Waals surface area contributed by atoms with Crippen molar-refractivity contribution in [3.8, 4) is 11.5 Å². The number of hydrogen-bond donors (Lipinski definition) is 2. The van der Waals surface area contributed by atoms with Crippen molar-refractivity contribution in [2.24, 2.45) is 5.10 Å². The fourth-order valence-electron chi connectivity index (χ4n) is 2.48. The normalized spacial score (nSPS) is 10.9. The lowest BCUT2D eigenvalue weighted by Crippen LogP contribution is -2.24. The molecule has 1 amide bonds. The molecule has 0 bridgehead atoms. The van der Waals surface area contributed by atoms with E-state index in [1.165, 1.54) is 6.21 Å². The van der Waals surface area contributed by atoms with Crippen LogP contribution in [0, 0.1) is 6.92 Å². The van der Waals surface area contributed by atoms with Crippen LogP contribution in [0.1, 0.15) is 11.1 Å². The van der Waals surface area contributed by atoms with Crippen molar-refractivity contribution in [1.29, 1.82) is 0 Å². The largest absolute Gasteiger partial charge is 0.507 e. The number of aromatic hydroxyl groups is 1. The second-order valence-corrected chi connectivity index (χ2v) is 5.57. The van der Waals surface area contributed by atoms with Gasteiger partial charge < -0.3 is 9.84 Å². The summed E-state index contributed by atoms with van der Waals surface area (Å²) in [6.07, 6.45) is 1.43. The predicted octanol–water partition coefficient (Wildman–Crippen LogP) is 3.38. The highest BCUT2D eigenvalue weighted by Gasteiger charge is 2.06. The highest BCUT2D eigenvalue weighted by molar-refractivity contribution is 6.02. The topological polar surface area (TPSA) is 70.9 Å². The van der Waals surface area contributed by atoms with Crippen LogP contribution in [0.4, 0.5) is 0 Å². The van der Waals surface area contributed by atoms with Gasteiger partial charge in [-0.25, -0.2) is 5.43 Å². The maximum Gasteiger partial charge on any atom is 0.277 e. The highest BCUT2D eigenvalue weighted by Crippen LogP contribution is 2.25. The van der Waals surface area contributed by atoms with Crippen molar-refractivity contribution in [2.45, 2.75) is 6.92 Å². The molecule has 2 N–H and O–H groups in total. The first-order valence-corrected chi connectivity index (χ1v) is 7.86. The summed E-state index contributed by atoms with van der Waals surface area (Å²) in [7, 11) is 0. The van der Waals surface area contributed by atoms with Gasteiger partial charge in [-0.15, -0.1) is 0 Å². The predicted molar refractivity (Wildman–Crippen MR) is 98.0 cm³/mol. The summed E-state index contributed by atoms with van der Waals surface area (Å²) >= 11 is 0. The molecule has 0 spiro atoms. The van der Waals surface area contributed by atoms with Crippen LogP contribution in [0.15, 0.2) is 65.8 Å². The summed E-state index contributed by atoms with van der Waals surface area (Å²) in [4.78, 5) is 11.9. The number of rotatable bonds is 5. The van der Waals surface area contributed by atoms with Crippen LogP contribution in [0.25, 0.3) is 10.8 Å². The van der Waals surface area contributed by atoms with Gasteiger partial charge in [0.2, 0.25) is 0 Å². The minimum Gasteiger partial charge on any atom is -0.507 e. The summed E-state index contributed by atoms with van der Waals surface area (Å²) < 4.78 is 5.46. The van der Waals surface area contributed by atoms with Crippen molar-refractivity contribution in [3.63, 3.8) is 0 Å². The zero-order valence-corrected chi connectivity index (χ0v) is 13.8. The summed E-state index contributed by atoms with van der Waals surface area (Å²) in [6, 6.07) is 18.5. The first-order valence-electron chi connectivity index (χ1n) is 7.86. The fraction of sp³-hybridized carbons (Fsp3) is 0.100. The lowest BCUT2D eigenvalue weighted by molar-refractivity contribution is -0.123. The van der Waals surface area contributed by atoms with E-state index in [9.17, 15) is 9.90 Å². The maximum absolute atomic E-state index is 11.9. The molecule has 5 heteroatoms. The minimum absolute atomic E-state index is 0.104. The quantitative estimate of drug-likeness (QED) is 0.555. The van der Waals surface area contributed by atoms with E-state index in [1.54, 1.807) is 12.1 Å². The Balaban J connectivity index is 1.64. The number of fused-ring (bicyclic) bond motifs is 1. The SMILES string of the molecule is Cc1ccccc1OCC(=O)N/N=C\c1c(O)ccc2ccccc12. The van der Waals surface area contributed by atoms with E-state index in [-0.39, 0.29) is 18.3 Å². The van der Waals surface area contributed by atoms with Gasteiger partial charge in [-0.2, -0.15) is 5.10 Å². The lowest BCUT2D eigenvalue weighted by atomic mass is 10.0. The number of carbonyl (C=O) groups excluding carboxylic acids is 1. The molecule has 0 aromatic heterocycles. The molecular formula is C20H18N2O3. The van der Waals surface area contributed by atoms with Gasteiger partial charge >= 0.3 is 0 Å². The van der Waals surface area contributed by atoms with E-state index < -0.39 is 0 Å². The van der Waals surface area contributed by atoms with Crippen molar-refractivity contribution in [2.75, 3.05) is 6.61 Å². The molecule has 3 aromatic rings. The first kappa shape index (κ1) is 16.5. The van der Waals surface area contributed by atoms with Crippen LogP contribution in [0.2, 0.25) is 0 Å². The third-order valence-corrected chi connectivity index (χ3v) is 3.78. The van der Waals surface area contributed by atoms with Gasteiger partial charge in [0.15, 0.2) is 6.61 Å². The van der Waals surface area contributed by atoms with Gasteiger partial charge in [0.05, 0.1) is 6.21 Å². The Bertz CT molecular complexity index is 935. The molecule has 0 heterocycles. The van der Waals surface area contributed by atoms with Crippen LogP contribution < -0.4 is 10.2 Å². The molecule has 0 aliphatic rings. The average Bonchev–Trinajstić information content (AvgIpc) is 2.63. The molecule has 0 fully saturated rings. The number of hydrazone groups is 1. The van der Waals surface area contributed by atoms with E-state index in [4.69, 9.17) is 4.74 Å². The minimum atomic E-state index is -0.376. The van der Waals surface area contributed by atoms with Crippen LogP contribution in [-0.4, -0.2) is 23.8 Å².